The second kappa shape index (κ2) is 7.09. The lowest BCUT2D eigenvalue weighted by Gasteiger charge is -2.35. The lowest BCUT2D eigenvalue weighted by Crippen LogP contribution is -2.20. The number of ether oxygens (including phenoxy) is 1. The van der Waals surface area contributed by atoms with Gasteiger partial charge in [-0.25, -0.2) is 4.98 Å². The summed E-state index contributed by atoms with van der Waals surface area (Å²) >= 11 is 0. The SMILES string of the molecule is Cc1ccc2c(c1)Oc1cc3cc(C)ccc3nc1N2c1c(C)cc(C(C)(C)C)cc1C. The van der Waals surface area contributed by atoms with Gasteiger partial charge in [0.15, 0.2) is 17.3 Å². The number of anilines is 3. The Morgan fingerprint density at radius 3 is 2.09 bits per heavy atom. The third-order valence-corrected chi connectivity index (χ3v) is 6.28. The first kappa shape index (κ1) is 20.6. The average molecular weight is 423 g/mol. The molecule has 162 valence electrons. The molecule has 0 unspecified atom stereocenters. The lowest BCUT2D eigenvalue weighted by atomic mass is 9.84. The molecule has 1 aromatic heterocycles. The first-order valence-corrected chi connectivity index (χ1v) is 11.2. The molecule has 2 heterocycles. The van der Waals surface area contributed by atoms with Crippen molar-refractivity contribution in [2.24, 2.45) is 0 Å². The number of aryl methyl sites for hydroxylation is 4. The molecule has 0 fully saturated rings. The summed E-state index contributed by atoms with van der Waals surface area (Å²) in [6.07, 6.45) is 0. The Morgan fingerprint density at radius 1 is 0.750 bits per heavy atom. The monoisotopic (exact) mass is 422 g/mol. The van der Waals surface area contributed by atoms with E-state index >= 15 is 0 Å². The Kier molecular flexibility index (Phi) is 4.56. The maximum atomic E-state index is 6.41. The molecule has 3 heteroatoms. The van der Waals surface area contributed by atoms with Crippen LogP contribution in [-0.4, -0.2) is 4.98 Å². The molecule has 0 radical (unpaired) electrons. The van der Waals surface area contributed by atoms with Crippen molar-refractivity contribution in [2.75, 3.05) is 4.90 Å². The summed E-state index contributed by atoms with van der Waals surface area (Å²) in [5, 5.41) is 1.09. The smallest absolute Gasteiger partial charge is 0.181 e. The van der Waals surface area contributed by atoms with Crippen LogP contribution in [0.3, 0.4) is 0 Å². The highest BCUT2D eigenvalue weighted by atomic mass is 16.5. The van der Waals surface area contributed by atoms with Crippen molar-refractivity contribution in [1.82, 2.24) is 4.98 Å². The molecule has 0 spiro atoms. The van der Waals surface area contributed by atoms with Gasteiger partial charge in [-0.2, -0.15) is 0 Å². The lowest BCUT2D eigenvalue weighted by molar-refractivity contribution is 0.474. The zero-order chi connectivity index (χ0) is 22.8. The van der Waals surface area contributed by atoms with Crippen LogP contribution in [0.2, 0.25) is 0 Å². The summed E-state index contributed by atoms with van der Waals surface area (Å²) in [5.41, 5.74) is 9.47. The summed E-state index contributed by atoms with van der Waals surface area (Å²) in [6.45, 7) is 15.4. The van der Waals surface area contributed by atoms with Gasteiger partial charge in [0.1, 0.15) is 0 Å². The fourth-order valence-electron chi connectivity index (χ4n) is 4.59. The van der Waals surface area contributed by atoms with E-state index in [1.165, 1.54) is 33.5 Å². The average Bonchev–Trinajstić information content (AvgIpc) is 2.70. The summed E-state index contributed by atoms with van der Waals surface area (Å²) in [6, 6.07) is 19.5. The van der Waals surface area contributed by atoms with Crippen LogP contribution in [0.15, 0.2) is 54.6 Å². The van der Waals surface area contributed by atoms with Crippen LogP contribution in [0.1, 0.15) is 48.6 Å². The molecule has 0 bridgehead atoms. The van der Waals surface area contributed by atoms with E-state index < -0.39 is 0 Å². The van der Waals surface area contributed by atoms with E-state index in [0.29, 0.717) is 0 Å². The summed E-state index contributed by atoms with van der Waals surface area (Å²) in [4.78, 5) is 7.37. The number of rotatable bonds is 1. The van der Waals surface area contributed by atoms with E-state index in [1.54, 1.807) is 0 Å². The Labute approximate surface area is 190 Å². The number of benzene rings is 3. The van der Waals surface area contributed by atoms with Crippen molar-refractivity contribution in [3.63, 3.8) is 0 Å². The largest absolute Gasteiger partial charge is 0.451 e. The van der Waals surface area contributed by atoms with Crippen LogP contribution in [0.25, 0.3) is 10.9 Å². The Bertz CT molecular complexity index is 1360. The zero-order valence-corrected chi connectivity index (χ0v) is 20.0. The molecule has 3 aromatic carbocycles. The normalized spacial score (nSPS) is 13.0. The van der Waals surface area contributed by atoms with Crippen molar-refractivity contribution in [3.8, 4) is 11.5 Å². The molecule has 0 saturated carbocycles. The summed E-state index contributed by atoms with van der Waals surface area (Å²) in [7, 11) is 0. The van der Waals surface area contributed by atoms with Crippen LogP contribution in [-0.2, 0) is 5.41 Å². The number of nitrogens with zero attached hydrogens (tertiary/aromatic N) is 2. The molecule has 32 heavy (non-hydrogen) atoms. The van der Waals surface area contributed by atoms with Crippen LogP contribution >= 0.6 is 0 Å². The highest BCUT2D eigenvalue weighted by Crippen LogP contribution is 2.52. The molecule has 1 aliphatic heterocycles. The summed E-state index contributed by atoms with van der Waals surface area (Å²) in [5.74, 6) is 2.50. The van der Waals surface area contributed by atoms with Crippen LogP contribution in [0, 0.1) is 27.7 Å². The minimum absolute atomic E-state index is 0.0955. The van der Waals surface area contributed by atoms with Gasteiger partial charge in [0.2, 0.25) is 0 Å². The number of aromatic nitrogens is 1. The van der Waals surface area contributed by atoms with E-state index in [2.05, 4.69) is 108 Å². The maximum Gasteiger partial charge on any atom is 0.181 e. The number of pyridine rings is 1. The van der Waals surface area contributed by atoms with Gasteiger partial charge in [-0.05, 0) is 85.7 Å². The second-order valence-corrected chi connectivity index (χ2v) is 10.1. The molecule has 0 aliphatic carbocycles. The van der Waals surface area contributed by atoms with E-state index in [-0.39, 0.29) is 5.41 Å². The molecule has 0 saturated heterocycles. The molecule has 1 aliphatic rings. The predicted octanol–water partition coefficient (Wildman–Crippen LogP) is 8.34. The van der Waals surface area contributed by atoms with Crippen LogP contribution in [0.4, 0.5) is 17.2 Å². The van der Waals surface area contributed by atoms with Crippen LogP contribution < -0.4 is 9.64 Å². The number of fused-ring (bicyclic) bond motifs is 3. The molecule has 5 rings (SSSR count). The van der Waals surface area contributed by atoms with E-state index in [0.717, 1.165) is 33.9 Å². The Balaban J connectivity index is 1.80. The van der Waals surface area contributed by atoms with Gasteiger partial charge in [-0.15, -0.1) is 0 Å². The van der Waals surface area contributed by atoms with Crippen LogP contribution in [0.5, 0.6) is 11.5 Å². The van der Waals surface area contributed by atoms with Gasteiger partial charge in [0, 0.05) is 5.39 Å². The highest BCUT2D eigenvalue weighted by molar-refractivity contribution is 5.92. The Morgan fingerprint density at radius 2 is 1.41 bits per heavy atom. The molecule has 0 N–H and O–H groups in total. The van der Waals surface area contributed by atoms with Crippen molar-refractivity contribution >= 4 is 28.1 Å². The Hall–Kier alpha value is -3.33. The van der Waals surface area contributed by atoms with E-state index in [4.69, 9.17) is 9.72 Å². The maximum absolute atomic E-state index is 6.41. The minimum atomic E-state index is 0.0955. The summed E-state index contributed by atoms with van der Waals surface area (Å²) < 4.78 is 6.41. The van der Waals surface area contributed by atoms with Gasteiger partial charge in [0.05, 0.1) is 16.9 Å². The molecule has 0 atom stereocenters. The minimum Gasteiger partial charge on any atom is -0.451 e. The third-order valence-electron chi connectivity index (χ3n) is 6.28. The topological polar surface area (TPSA) is 25.4 Å². The number of hydrogen-bond acceptors (Lipinski definition) is 3. The van der Waals surface area contributed by atoms with Gasteiger partial charge < -0.3 is 4.74 Å². The molecular weight excluding hydrogens is 392 g/mol. The van der Waals surface area contributed by atoms with Gasteiger partial charge >= 0.3 is 0 Å². The second-order valence-electron chi connectivity index (χ2n) is 10.1. The van der Waals surface area contributed by atoms with Gasteiger partial charge in [0.25, 0.3) is 0 Å². The van der Waals surface area contributed by atoms with Crippen molar-refractivity contribution in [2.45, 2.75) is 53.9 Å². The first-order chi connectivity index (χ1) is 15.1. The number of hydrogen-bond donors (Lipinski definition) is 0. The predicted molar refractivity (Wildman–Crippen MR) is 134 cm³/mol. The quantitative estimate of drug-likeness (QED) is 0.271. The molecule has 4 aromatic rings. The fourth-order valence-corrected chi connectivity index (χ4v) is 4.59. The van der Waals surface area contributed by atoms with Crippen molar-refractivity contribution in [3.05, 3.63) is 82.4 Å². The van der Waals surface area contributed by atoms with E-state index in [9.17, 15) is 0 Å². The van der Waals surface area contributed by atoms with Crippen molar-refractivity contribution in [1.29, 1.82) is 0 Å². The fraction of sp³-hybridized carbons (Fsp3) is 0.276. The first-order valence-electron chi connectivity index (χ1n) is 11.2. The molecule has 3 nitrogen and oxygen atoms in total. The van der Waals surface area contributed by atoms with Gasteiger partial charge in [-0.3, -0.25) is 4.90 Å². The van der Waals surface area contributed by atoms with E-state index in [1.807, 2.05) is 0 Å². The molecule has 0 amide bonds. The van der Waals surface area contributed by atoms with Crippen molar-refractivity contribution < 1.29 is 4.74 Å². The van der Waals surface area contributed by atoms with Gasteiger partial charge in [-0.1, -0.05) is 50.6 Å². The zero-order valence-electron chi connectivity index (χ0n) is 20.0. The standard InChI is InChI=1S/C29H30N2O/c1-17-8-10-23-21(12-17)16-26-28(30-23)31(24-11-9-18(2)13-25(24)32-26)27-19(3)14-22(15-20(27)4)29(5,6)7/h8-16H,1-7H3. The highest BCUT2D eigenvalue weighted by Gasteiger charge is 2.30. The third kappa shape index (κ3) is 3.33. The molecular formula is C29H30N2O.